The van der Waals surface area contributed by atoms with E-state index in [0.29, 0.717) is 17.6 Å². The van der Waals surface area contributed by atoms with E-state index in [0.717, 1.165) is 24.0 Å². The maximum atomic E-state index is 11.1. The molecular formula is C19H21N3O4S. The van der Waals surface area contributed by atoms with Crippen molar-refractivity contribution in [1.82, 2.24) is 9.97 Å². The van der Waals surface area contributed by atoms with Gasteiger partial charge in [0.2, 0.25) is 6.08 Å². The molecule has 0 aliphatic rings. The van der Waals surface area contributed by atoms with Crippen LogP contribution in [0.5, 0.6) is 0 Å². The van der Waals surface area contributed by atoms with Gasteiger partial charge in [-0.3, -0.25) is 4.55 Å². The van der Waals surface area contributed by atoms with Crippen molar-refractivity contribution in [3.05, 3.63) is 48.5 Å². The molecule has 142 valence electrons. The van der Waals surface area contributed by atoms with Gasteiger partial charge in [0.25, 0.3) is 5.16 Å². The van der Waals surface area contributed by atoms with Crippen molar-refractivity contribution in [2.24, 2.45) is 4.99 Å². The highest BCUT2D eigenvalue weighted by molar-refractivity contribution is 7.85. The standard InChI is InChI=1S/C13H10N2O3S.C6H11NO/c16-19(17,18)13-14-11-8-4-7-10(12(11)15-13)9-5-2-1-3-6-9;1-2-3-4-5-7-6-8/h1-8H,(H,14,15)(H,16,17,18);2-5H2,1H3. The van der Waals surface area contributed by atoms with E-state index in [1.165, 1.54) is 12.5 Å². The molecule has 0 aliphatic carbocycles. The van der Waals surface area contributed by atoms with Crippen LogP contribution in [-0.2, 0) is 14.9 Å². The average Bonchev–Trinajstić information content (AvgIpc) is 3.11. The fourth-order valence-electron chi connectivity index (χ4n) is 2.47. The minimum atomic E-state index is -4.33. The molecule has 0 amide bonds. The van der Waals surface area contributed by atoms with Crippen LogP contribution in [0, 0.1) is 0 Å². The number of unbranched alkanes of at least 4 members (excludes halogenated alkanes) is 2. The van der Waals surface area contributed by atoms with Crippen molar-refractivity contribution in [2.45, 2.75) is 31.3 Å². The SMILES string of the molecule is CCCCCN=C=O.O=S(=O)(O)c1nc2c(-c3ccccc3)cccc2[nH]1. The molecular weight excluding hydrogens is 366 g/mol. The summed E-state index contributed by atoms with van der Waals surface area (Å²) in [6, 6.07) is 14.9. The monoisotopic (exact) mass is 387 g/mol. The first-order chi connectivity index (χ1) is 13.0. The fraction of sp³-hybridized carbons (Fsp3) is 0.263. The van der Waals surface area contributed by atoms with Crippen molar-refractivity contribution >= 4 is 27.2 Å². The summed E-state index contributed by atoms with van der Waals surface area (Å²) in [5, 5.41) is -0.439. The third-order valence-corrected chi connectivity index (χ3v) is 4.44. The Morgan fingerprint density at radius 2 is 1.85 bits per heavy atom. The van der Waals surface area contributed by atoms with E-state index in [1.807, 2.05) is 36.4 Å². The van der Waals surface area contributed by atoms with E-state index in [-0.39, 0.29) is 0 Å². The minimum absolute atomic E-state index is 0.439. The van der Waals surface area contributed by atoms with Crippen LogP contribution in [0.1, 0.15) is 26.2 Å². The van der Waals surface area contributed by atoms with Crippen LogP contribution < -0.4 is 0 Å². The van der Waals surface area contributed by atoms with Crippen LogP contribution in [-0.4, -0.2) is 35.6 Å². The molecule has 0 aliphatic heterocycles. The molecule has 2 aromatic carbocycles. The number of nitrogens with one attached hydrogen (secondary N) is 1. The van der Waals surface area contributed by atoms with Gasteiger partial charge in [-0.2, -0.15) is 8.42 Å². The highest BCUT2D eigenvalue weighted by Crippen LogP contribution is 2.27. The van der Waals surface area contributed by atoms with Crippen molar-refractivity contribution in [3.8, 4) is 11.1 Å². The van der Waals surface area contributed by atoms with Crippen LogP contribution in [0.4, 0.5) is 0 Å². The molecule has 27 heavy (non-hydrogen) atoms. The second-order valence-corrected chi connectivity index (χ2v) is 7.10. The molecule has 0 fully saturated rings. The predicted octanol–water partition coefficient (Wildman–Crippen LogP) is 3.99. The highest BCUT2D eigenvalue weighted by atomic mass is 32.2. The number of hydrogen-bond acceptors (Lipinski definition) is 5. The van der Waals surface area contributed by atoms with E-state index < -0.39 is 15.3 Å². The highest BCUT2D eigenvalue weighted by Gasteiger charge is 2.17. The second-order valence-electron chi connectivity index (χ2n) is 5.76. The molecule has 0 bridgehead atoms. The zero-order valence-electron chi connectivity index (χ0n) is 14.9. The molecule has 0 radical (unpaired) electrons. The van der Waals surface area contributed by atoms with Gasteiger partial charge in [-0.25, -0.2) is 14.8 Å². The molecule has 8 heteroatoms. The summed E-state index contributed by atoms with van der Waals surface area (Å²) < 4.78 is 31.3. The van der Waals surface area contributed by atoms with Gasteiger partial charge in [0, 0.05) is 5.56 Å². The topological polar surface area (TPSA) is 112 Å². The molecule has 2 N–H and O–H groups in total. The Bertz CT molecular complexity index is 1020. The fourth-order valence-corrected chi connectivity index (χ4v) is 2.91. The Morgan fingerprint density at radius 1 is 1.11 bits per heavy atom. The van der Waals surface area contributed by atoms with E-state index in [4.69, 9.17) is 4.55 Å². The summed E-state index contributed by atoms with van der Waals surface area (Å²) in [6.07, 6.45) is 4.85. The third-order valence-electron chi connectivity index (χ3n) is 3.76. The number of aromatic amines is 1. The molecule has 0 unspecified atom stereocenters. The Balaban J connectivity index is 0.000000279. The molecule has 0 saturated carbocycles. The molecule has 0 saturated heterocycles. The number of benzene rings is 2. The van der Waals surface area contributed by atoms with Gasteiger partial charge in [-0.1, -0.05) is 62.2 Å². The van der Waals surface area contributed by atoms with Crippen LogP contribution in [0.2, 0.25) is 0 Å². The van der Waals surface area contributed by atoms with Crippen molar-refractivity contribution < 1.29 is 17.8 Å². The first-order valence-corrected chi connectivity index (χ1v) is 9.96. The van der Waals surface area contributed by atoms with Crippen molar-refractivity contribution in [1.29, 1.82) is 0 Å². The first-order valence-electron chi connectivity index (χ1n) is 8.52. The number of aromatic nitrogens is 2. The van der Waals surface area contributed by atoms with Crippen LogP contribution >= 0.6 is 0 Å². The van der Waals surface area contributed by atoms with Crippen LogP contribution in [0.3, 0.4) is 0 Å². The number of para-hydroxylation sites is 1. The minimum Gasteiger partial charge on any atom is -0.327 e. The number of carbonyl (C=O) groups excluding carboxylic acids is 1. The predicted molar refractivity (Wildman–Crippen MR) is 104 cm³/mol. The normalized spacial score (nSPS) is 10.7. The van der Waals surface area contributed by atoms with Gasteiger partial charge >= 0.3 is 10.1 Å². The molecule has 0 spiro atoms. The molecule has 0 atom stereocenters. The number of hydrogen-bond donors (Lipinski definition) is 2. The Kier molecular flexibility index (Phi) is 7.43. The molecule has 3 rings (SSSR count). The van der Waals surface area contributed by atoms with E-state index in [1.54, 1.807) is 12.1 Å². The molecule has 1 aromatic heterocycles. The molecule has 3 aromatic rings. The smallest absolute Gasteiger partial charge is 0.327 e. The first kappa shape index (κ1) is 20.5. The Morgan fingerprint density at radius 3 is 2.48 bits per heavy atom. The third kappa shape index (κ3) is 5.86. The van der Waals surface area contributed by atoms with Gasteiger partial charge in [0.05, 0.1) is 17.6 Å². The summed E-state index contributed by atoms with van der Waals surface area (Å²) >= 11 is 0. The number of fused-ring (bicyclic) bond motifs is 1. The Hall–Kier alpha value is -2.80. The van der Waals surface area contributed by atoms with Gasteiger partial charge in [-0.05, 0) is 18.1 Å². The molecule has 7 nitrogen and oxygen atoms in total. The lowest BCUT2D eigenvalue weighted by Gasteiger charge is -2.01. The quantitative estimate of drug-likeness (QED) is 0.287. The maximum absolute atomic E-state index is 11.1. The number of nitrogens with zero attached hydrogens (tertiary/aromatic N) is 2. The second kappa shape index (κ2) is 9.78. The van der Waals surface area contributed by atoms with E-state index >= 15 is 0 Å². The number of aliphatic imine (C=N–C) groups is 1. The lowest BCUT2D eigenvalue weighted by molar-refractivity contribution is 0.476. The van der Waals surface area contributed by atoms with Gasteiger partial charge in [0.1, 0.15) is 0 Å². The number of imidazole rings is 1. The van der Waals surface area contributed by atoms with Gasteiger partial charge in [-0.15, -0.1) is 0 Å². The lowest BCUT2D eigenvalue weighted by atomic mass is 10.0. The van der Waals surface area contributed by atoms with E-state index in [9.17, 15) is 13.2 Å². The number of H-pyrrole nitrogens is 1. The van der Waals surface area contributed by atoms with Gasteiger partial charge in [0.15, 0.2) is 0 Å². The average molecular weight is 387 g/mol. The number of isocyanates is 1. The number of rotatable bonds is 6. The summed E-state index contributed by atoms with van der Waals surface area (Å²) in [5.74, 6) is 0. The zero-order chi connectivity index (χ0) is 19.7. The zero-order valence-corrected chi connectivity index (χ0v) is 15.7. The summed E-state index contributed by atoms with van der Waals surface area (Å²) in [4.78, 5) is 19.4. The van der Waals surface area contributed by atoms with Crippen molar-refractivity contribution in [3.63, 3.8) is 0 Å². The Labute approximate surface area is 157 Å². The van der Waals surface area contributed by atoms with E-state index in [2.05, 4.69) is 21.9 Å². The summed E-state index contributed by atoms with van der Waals surface area (Å²) in [6.45, 7) is 2.77. The lowest BCUT2D eigenvalue weighted by Crippen LogP contribution is -1.99. The van der Waals surface area contributed by atoms with Gasteiger partial charge < -0.3 is 4.98 Å². The molecule has 1 heterocycles. The van der Waals surface area contributed by atoms with Crippen molar-refractivity contribution in [2.75, 3.05) is 6.54 Å². The van der Waals surface area contributed by atoms with Crippen LogP contribution in [0.25, 0.3) is 22.2 Å². The maximum Gasteiger partial charge on any atom is 0.328 e. The van der Waals surface area contributed by atoms with Crippen LogP contribution in [0.15, 0.2) is 58.7 Å². The largest absolute Gasteiger partial charge is 0.328 e. The summed E-state index contributed by atoms with van der Waals surface area (Å²) in [7, 11) is -4.33. The summed E-state index contributed by atoms with van der Waals surface area (Å²) in [5.41, 5.74) is 2.82.